The molecule has 2 N–H and O–H groups in total. The number of anilines is 1. The number of carbonyl (C=O) groups excluding carboxylic acids is 1. The summed E-state index contributed by atoms with van der Waals surface area (Å²) < 4.78 is 12.0. The fraction of sp³-hybridized carbons (Fsp3) is 0.0588. The summed E-state index contributed by atoms with van der Waals surface area (Å²) in [6, 6.07) is 13.5. The van der Waals surface area contributed by atoms with E-state index < -0.39 is 11.5 Å². The first-order chi connectivity index (χ1) is 12.7. The third kappa shape index (κ3) is 3.18. The van der Waals surface area contributed by atoms with E-state index >= 15 is 0 Å². The largest absolute Gasteiger partial charge is 0.486 e. The first-order valence-electron chi connectivity index (χ1n) is 7.71. The summed E-state index contributed by atoms with van der Waals surface area (Å²) in [5, 5.41) is 6.85. The van der Waals surface area contributed by atoms with E-state index in [4.69, 9.17) is 9.15 Å². The van der Waals surface area contributed by atoms with E-state index in [-0.39, 0.29) is 24.0 Å². The summed E-state index contributed by atoms with van der Waals surface area (Å²) in [7, 11) is 0. The third-order valence-electron chi connectivity index (χ3n) is 3.48. The van der Waals surface area contributed by atoms with Gasteiger partial charge in [0.05, 0.1) is 6.26 Å². The summed E-state index contributed by atoms with van der Waals surface area (Å²) in [5.74, 6) is 1.00. The van der Waals surface area contributed by atoms with Crippen molar-refractivity contribution in [3.8, 4) is 5.75 Å². The number of aromatic amines is 1. The maximum atomic E-state index is 12.1. The fourth-order valence-electron chi connectivity index (χ4n) is 2.34. The number of amides is 1. The highest BCUT2D eigenvalue weighted by Gasteiger charge is 2.14. The first-order valence-corrected chi connectivity index (χ1v) is 7.71. The Morgan fingerprint density at radius 2 is 2.08 bits per heavy atom. The predicted octanol–water partition coefficient (Wildman–Crippen LogP) is 1.84. The van der Waals surface area contributed by atoms with Crippen molar-refractivity contribution < 1.29 is 13.9 Å². The van der Waals surface area contributed by atoms with Crippen molar-refractivity contribution in [1.29, 1.82) is 0 Å². The molecule has 4 rings (SSSR count). The van der Waals surface area contributed by atoms with Crippen molar-refractivity contribution in [2.75, 3.05) is 5.32 Å². The zero-order valence-electron chi connectivity index (χ0n) is 13.4. The van der Waals surface area contributed by atoms with Gasteiger partial charge < -0.3 is 14.5 Å². The second kappa shape index (κ2) is 6.55. The van der Waals surface area contributed by atoms with Gasteiger partial charge in [0.15, 0.2) is 11.6 Å². The summed E-state index contributed by atoms with van der Waals surface area (Å²) in [6.07, 6.45) is 1.39. The highest BCUT2D eigenvalue weighted by molar-refractivity contribution is 6.01. The Bertz CT molecular complexity index is 1100. The lowest BCUT2D eigenvalue weighted by molar-refractivity contribution is 0.0996. The van der Waals surface area contributed by atoms with Gasteiger partial charge in [-0.25, -0.2) is 0 Å². The number of nitrogens with one attached hydrogen (secondary N) is 2. The van der Waals surface area contributed by atoms with Crippen LogP contribution in [0.15, 0.2) is 64.0 Å². The topological polar surface area (TPSA) is 115 Å². The van der Waals surface area contributed by atoms with E-state index in [1.54, 1.807) is 6.07 Å². The molecule has 4 aromatic rings. The van der Waals surface area contributed by atoms with Gasteiger partial charge in [0.25, 0.3) is 11.5 Å². The maximum Gasteiger partial charge on any atom is 0.292 e. The minimum Gasteiger partial charge on any atom is -0.486 e. The van der Waals surface area contributed by atoms with Crippen LogP contribution >= 0.6 is 0 Å². The molecule has 0 fully saturated rings. The minimum absolute atomic E-state index is 0.110. The van der Waals surface area contributed by atoms with Gasteiger partial charge in [-0.05, 0) is 24.3 Å². The number of benzene rings is 1. The zero-order chi connectivity index (χ0) is 17.9. The van der Waals surface area contributed by atoms with Crippen LogP contribution in [0.4, 0.5) is 5.82 Å². The number of ether oxygens (including phenoxy) is 1. The molecule has 0 saturated heterocycles. The number of H-pyrrole nitrogens is 1. The van der Waals surface area contributed by atoms with Crippen molar-refractivity contribution >= 4 is 17.5 Å². The third-order valence-corrected chi connectivity index (χ3v) is 3.48. The molecular formula is C17H13N5O4. The van der Waals surface area contributed by atoms with Crippen molar-refractivity contribution in [3.05, 3.63) is 76.7 Å². The van der Waals surface area contributed by atoms with E-state index in [1.807, 2.05) is 30.3 Å². The summed E-state index contributed by atoms with van der Waals surface area (Å²) in [4.78, 5) is 30.7. The van der Waals surface area contributed by atoms with E-state index in [1.165, 1.54) is 22.9 Å². The molecule has 0 aliphatic carbocycles. The van der Waals surface area contributed by atoms with Crippen molar-refractivity contribution in [3.63, 3.8) is 0 Å². The predicted molar refractivity (Wildman–Crippen MR) is 91.0 cm³/mol. The van der Waals surface area contributed by atoms with E-state index in [0.717, 1.165) is 0 Å². The van der Waals surface area contributed by atoms with Crippen LogP contribution in [-0.2, 0) is 6.61 Å². The molecular weight excluding hydrogens is 338 g/mol. The molecule has 9 nitrogen and oxygen atoms in total. The van der Waals surface area contributed by atoms with Gasteiger partial charge in [-0.2, -0.15) is 9.50 Å². The standard InChI is InChI=1S/C17H13N5O4/c23-15-9-14(19-16(24)12-7-4-8-25-12)22-17(20-15)18-13(21-22)10-26-11-5-2-1-3-6-11/h1-9H,10H2,(H,19,24)(H,18,20,21,23). The van der Waals surface area contributed by atoms with Gasteiger partial charge in [-0.3, -0.25) is 14.6 Å². The van der Waals surface area contributed by atoms with Crippen LogP contribution in [0.25, 0.3) is 5.78 Å². The molecule has 0 spiro atoms. The van der Waals surface area contributed by atoms with Crippen molar-refractivity contribution in [2.45, 2.75) is 6.61 Å². The van der Waals surface area contributed by atoms with Crippen LogP contribution in [0.5, 0.6) is 5.75 Å². The maximum absolute atomic E-state index is 12.1. The number of furan rings is 1. The molecule has 0 bridgehead atoms. The van der Waals surface area contributed by atoms with Crippen molar-refractivity contribution in [2.24, 2.45) is 0 Å². The zero-order valence-corrected chi connectivity index (χ0v) is 13.4. The molecule has 0 unspecified atom stereocenters. The quantitative estimate of drug-likeness (QED) is 0.567. The number of para-hydroxylation sites is 1. The lowest BCUT2D eigenvalue weighted by Gasteiger charge is -2.04. The number of aromatic nitrogens is 4. The minimum atomic E-state index is -0.500. The second-order valence-electron chi connectivity index (χ2n) is 5.32. The molecule has 9 heteroatoms. The summed E-state index contributed by atoms with van der Waals surface area (Å²) in [6.45, 7) is 0.110. The SMILES string of the molecule is O=C(Nc1cc(=O)[nH]c2nc(COc3ccccc3)nn12)c1ccco1. The Hall–Kier alpha value is -3.88. The molecule has 0 radical (unpaired) electrons. The smallest absolute Gasteiger partial charge is 0.292 e. The van der Waals surface area contributed by atoms with Gasteiger partial charge in [0, 0.05) is 6.07 Å². The van der Waals surface area contributed by atoms with Gasteiger partial charge in [-0.15, -0.1) is 5.10 Å². The fourth-order valence-corrected chi connectivity index (χ4v) is 2.34. The van der Waals surface area contributed by atoms with E-state index in [0.29, 0.717) is 11.6 Å². The average Bonchev–Trinajstić information content (AvgIpc) is 3.30. The Morgan fingerprint density at radius 3 is 2.85 bits per heavy atom. The lowest BCUT2D eigenvalue weighted by Crippen LogP contribution is -2.18. The Balaban J connectivity index is 1.60. The highest BCUT2D eigenvalue weighted by atomic mass is 16.5. The average molecular weight is 351 g/mol. The summed E-state index contributed by atoms with van der Waals surface area (Å²) >= 11 is 0. The Labute approximate surface area is 146 Å². The molecule has 0 aliphatic heterocycles. The van der Waals surface area contributed by atoms with Crippen LogP contribution in [-0.4, -0.2) is 25.5 Å². The van der Waals surface area contributed by atoms with Crippen LogP contribution in [0.2, 0.25) is 0 Å². The van der Waals surface area contributed by atoms with Gasteiger partial charge >= 0.3 is 0 Å². The van der Waals surface area contributed by atoms with Crippen LogP contribution in [0.1, 0.15) is 16.4 Å². The molecule has 26 heavy (non-hydrogen) atoms. The highest BCUT2D eigenvalue weighted by Crippen LogP contribution is 2.12. The number of nitrogens with zero attached hydrogens (tertiary/aromatic N) is 3. The number of fused-ring (bicyclic) bond motifs is 1. The van der Waals surface area contributed by atoms with Crippen LogP contribution in [0.3, 0.4) is 0 Å². The monoisotopic (exact) mass is 351 g/mol. The molecule has 3 heterocycles. The number of hydrogen-bond acceptors (Lipinski definition) is 6. The molecule has 0 atom stereocenters. The summed E-state index contributed by atoms with van der Waals surface area (Å²) in [5.41, 5.74) is -0.421. The molecule has 0 aliphatic rings. The number of hydrogen-bond donors (Lipinski definition) is 2. The Morgan fingerprint density at radius 1 is 1.23 bits per heavy atom. The first kappa shape index (κ1) is 15.6. The van der Waals surface area contributed by atoms with E-state index in [9.17, 15) is 9.59 Å². The normalized spacial score (nSPS) is 10.8. The number of carbonyl (C=O) groups is 1. The van der Waals surface area contributed by atoms with Gasteiger partial charge in [0.1, 0.15) is 18.2 Å². The molecule has 1 aromatic carbocycles. The molecule has 3 aromatic heterocycles. The lowest BCUT2D eigenvalue weighted by atomic mass is 10.3. The Kier molecular flexibility index (Phi) is 3.94. The molecule has 0 saturated carbocycles. The van der Waals surface area contributed by atoms with Gasteiger partial charge in [0.2, 0.25) is 5.78 Å². The van der Waals surface area contributed by atoms with Gasteiger partial charge in [-0.1, -0.05) is 18.2 Å². The van der Waals surface area contributed by atoms with Crippen LogP contribution in [0, 0.1) is 0 Å². The van der Waals surface area contributed by atoms with Crippen molar-refractivity contribution in [1.82, 2.24) is 19.6 Å². The van der Waals surface area contributed by atoms with E-state index in [2.05, 4.69) is 20.4 Å². The molecule has 1 amide bonds. The number of rotatable bonds is 5. The van der Waals surface area contributed by atoms with Crippen LogP contribution < -0.4 is 15.6 Å². The second-order valence-corrected chi connectivity index (χ2v) is 5.32. The molecule has 130 valence electrons.